The van der Waals surface area contributed by atoms with Gasteiger partial charge in [-0.05, 0) is 56.1 Å². The summed E-state index contributed by atoms with van der Waals surface area (Å²) in [4.78, 5) is 2.41. The molecule has 0 aromatic carbocycles. The molecule has 1 saturated heterocycles. The summed E-state index contributed by atoms with van der Waals surface area (Å²) < 4.78 is 23.2. The Labute approximate surface area is 178 Å². The molecule has 0 radical (unpaired) electrons. The Kier molecular flexibility index (Phi) is 7.83. The summed E-state index contributed by atoms with van der Waals surface area (Å²) in [5, 5.41) is 0. The van der Waals surface area contributed by atoms with Crippen molar-refractivity contribution in [1.82, 2.24) is 4.90 Å². The van der Waals surface area contributed by atoms with Crippen molar-refractivity contribution in [3.8, 4) is 0 Å². The first kappa shape index (κ1) is 23.2. The minimum Gasteiger partial charge on any atom is -0.381 e. The van der Waals surface area contributed by atoms with Gasteiger partial charge in [0.05, 0.1) is 38.1 Å². The Hall–Kier alpha value is -0.460. The highest BCUT2D eigenvalue weighted by atomic mass is 16.5. The maximum absolute atomic E-state index is 6.24. The summed E-state index contributed by atoms with van der Waals surface area (Å²) in [6.07, 6.45) is 6.79. The van der Waals surface area contributed by atoms with E-state index in [1.165, 1.54) is 25.9 Å². The van der Waals surface area contributed by atoms with E-state index in [-0.39, 0.29) is 5.41 Å². The Bertz CT molecular complexity index is 529. The molecule has 29 heavy (non-hydrogen) atoms. The summed E-state index contributed by atoms with van der Waals surface area (Å²) in [6, 6.07) is 0. The number of likely N-dealkylation sites (tertiary alicyclic amines) is 1. The molecule has 1 spiro atoms. The standard InChI is InChI=1S/C24H43NO4/c1-18(12-27-13-19(2)14-28-21-7-20(8-21)26-6)9-23(3,4)17-29-22-10-24(11-22)15-25(5)16-24/h18,20-22H,2,7-17H2,1,3-6H3. The molecule has 0 N–H and O–H groups in total. The van der Waals surface area contributed by atoms with Crippen LogP contribution in [-0.2, 0) is 18.9 Å². The van der Waals surface area contributed by atoms with Crippen LogP contribution in [0.2, 0.25) is 0 Å². The van der Waals surface area contributed by atoms with Crippen LogP contribution in [0.15, 0.2) is 12.2 Å². The molecule has 0 amide bonds. The first-order valence-corrected chi connectivity index (χ1v) is 11.4. The summed E-state index contributed by atoms with van der Waals surface area (Å²) >= 11 is 0. The number of rotatable bonds is 13. The Morgan fingerprint density at radius 2 is 1.79 bits per heavy atom. The molecule has 5 nitrogen and oxygen atoms in total. The minimum atomic E-state index is 0.185. The second-order valence-corrected chi connectivity index (χ2v) is 11.0. The highest BCUT2D eigenvalue weighted by Crippen LogP contribution is 2.49. The number of hydrogen-bond donors (Lipinski definition) is 0. The lowest BCUT2D eigenvalue weighted by atomic mass is 9.62. The monoisotopic (exact) mass is 409 g/mol. The van der Waals surface area contributed by atoms with Crippen LogP contribution in [0.25, 0.3) is 0 Å². The summed E-state index contributed by atoms with van der Waals surface area (Å²) in [5.74, 6) is 0.504. The van der Waals surface area contributed by atoms with Gasteiger partial charge in [-0.15, -0.1) is 0 Å². The molecule has 2 aliphatic carbocycles. The van der Waals surface area contributed by atoms with Crippen molar-refractivity contribution in [2.24, 2.45) is 16.7 Å². The lowest BCUT2D eigenvalue weighted by Crippen LogP contribution is -2.62. The lowest BCUT2D eigenvalue weighted by Gasteiger charge is -2.58. The van der Waals surface area contributed by atoms with Gasteiger partial charge in [0.1, 0.15) is 0 Å². The van der Waals surface area contributed by atoms with Gasteiger partial charge >= 0.3 is 0 Å². The predicted molar refractivity (Wildman–Crippen MR) is 116 cm³/mol. The molecule has 0 aromatic rings. The van der Waals surface area contributed by atoms with Crippen LogP contribution in [0.4, 0.5) is 0 Å². The van der Waals surface area contributed by atoms with Crippen LogP contribution < -0.4 is 0 Å². The van der Waals surface area contributed by atoms with Gasteiger partial charge in [-0.3, -0.25) is 0 Å². The molecule has 1 unspecified atom stereocenters. The second kappa shape index (κ2) is 9.78. The smallest absolute Gasteiger partial charge is 0.0700 e. The molecular formula is C24H43NO4. The van der Waals surface area contributed by atoms with E-state index < -0.39 is 0 Å². The molecule has 3 fully saturated rings. The molecule has 5 heteroatoms. The average Bonchev–Trinajstić information content (AvgIpc) is 2.54. The Balaban J connectivity index is 1.20. The summed E-state index contributed by atoms with van der Waals surface area (Å²) in [5.41, 5.74) is 1.80. The number of ether oxygens (including phenoxy) is 4. The molecule has 2 saturated carbocycles. The van der Waals surface area contributed by atoms with Gasteiger partial charge in [-0.1, -0.05) is 27.4 Å². The first-order valence-electron chi connectivity index (χ1n) is 11.4. The van der Waals surface area contributed by atoms with E-state index in [2.05, 4.69) is 39.3 Å². The van der Waals surface area contributed by atoms with Crippen LogP contribution in [0.3, 0.4) is 0 Å². The SMILES string of the molecule is C=C(COCC(C)CC(C)(C)COC1CC2(C1)CN(C)C2)COC1CC(OC)C1. The molecular weight excluding hydrogens is 366 g/mol. The normalized spacial score (nSPS) is 27.9. The van der Waals surface area contributed by atoms with Crippen LogP contribution >= 0.6 is 0 Å². The average molecular weight is 410 g/mol. The van der Waals surface area contributed by atoms with E-state index in [4.69, 9.17) is 18.9 Å². The van der Waals surface area contributed by atoms with Crippen molar-refractivity contribution >= 4 is 0 Å². The molecule has 3 rings (SSSR count). The van der Waals surface area contributed by atoms with Gasteiger partial charge in [0, 0.05) is 32.2 Å². The van der Waals surface area contributed by atoms with Gasteiger partial charge < -0.3 is 23.8 Å². The fourth-order valence-corrected chi connectivity index (χ4v) is 5.31. The molecule has 1 aliphatic heterocycles. The molecule has 0 bridgehead atoms. The first-order chi connectivity index (χ1) is 13.7. The van der Waals surface area contributed by atoms with Crippen molar-refractivity contribution in [2.75, 3.05) is 53.7 Å². The summed E-state index contributed by atoms with van der Waals surface area (Å²) in [7, 11) is 3.97. The van der Waals surface area contributed by atoms with Crippen LogP contribution in [0.5, 0.6) is 0 Å². The zero-order valence-corrected chi connectivity index (χ0v) is 19.4. The zero-order chi connectivity index (χ0) is 21.1. The topological polar surface area (TPSA) is 40.2 Å². The van der Waals surface area contributed by atoms with Gasteiger partial charge in [0.15, 0.2) is 0 Å². The van der Waals surface area contributed by atoms with Crippen molar-refractivity contribution < 1.29 is 18.9 Å². The highest BCUT2D eigenvalue weighted by Gasteiger charge is 2.51. The maximum atomic E-state index is 6.24. The number of hydrogen-bond acceptors (Lipinski definition) is 5. The Morgan fingerprint density at radius 1 is 1.10 bits per heavy atom. The third kappa shape index (κ3) is 6.76. The lowest BCUT2D eigenvalue weighted by molar-refractivity contribution is -0.155. The van der Waals surface area contributed by atoms with E-state index in [1.54, 1.807) is 7.11 Å². The van der Waals surface area contributed by atoms with E-state index in [9.17, 15) is 0 Å². The van der Waals surface area contributed by atoms with E-state index >= 15 is 0 Å². The summed E-state index contributed by atoms with van der Waals surface area (Å²) in [6.45, 7) is 16.3. The zero-order valence-electron chi connectivity index (χ0n) is 19.4. The third-order valence-corrected chi connectivity index (χ3v) is 6.76. The molecule has 3 aliphatic rings. The van der Waals surface area contributed by atoms with Crippen molar-refractivity contribution in [1.29, 1.82) is 0 Å². The quantitative estimate of drug-likeness (QED) is 0.431. The molecule has 1 heterocycles. The van der Waals surface area contributed by atoms with Crippen molar-refractivity contribution in [2.45, 2.75) is 71.2 Å². The highest BCUT2D eigenvalue weighted by molar-refractivity contribution is 5.04. The molecule has 0 aromatic heterocycles. The second-order valence-electron chi connectivity index (χ2n) is 11.0. The van der Waals surface area contributed by atoms with Gasteiger partial charge in [0.25, 0.3) is 0 Å². The maximum Gasteiger partial charge on any atom is 0.0700 e. The van der Waals surface area contributed by atoms with Gasteiger partial charge in [0.2, 0.25) is 0 Å². The molecule has 1 atom stereocenters. The fraction of sp³-hybridized carbons (Fsp3) is 0.917. The largest absolute Gasteiger partial charge is 0.381 e. The van der Waals surface area contributed by atoms with Crippen molar-refractivity contribution in [3.05, 3.63) is 12.2 Å². The van der Waals surface area contributed by atoms with E-state index in [0.717, 1.165) is 38.0 Å². The predicted octanol–water partition coefficient (Wildman–Crippen LogP) is 3.92. The number of nitrogens with zero attached hydrogens (tertiary/aromatic N) is 1. The van der Waals surface area contributed by atoms with Gasteiger partial charge in [-0.2, -0.15) is 0 Å². The minimum absolute atomic E-state index is 0.185. The third-order valence-electron chi connectivity index (χ3n) is 6.76. The number of methoxy groups -OCH3 is 1. The fourth-order valence-electron chi connectivity index (χ4n) is 5.31. The molecule has 168 valence electrons. The van der Waals surface area contributed by atoms with E-state index in [0.29, 0.717) is 42.9 Å². The Morgan fingerprint density at radius 3 is 2.41 bits per heavy atom. The van der Waals surface area contributed by atoms with E-state index in [1.807, 2.05) is 0 Å². The van der Waals surface area contributed by atoms with Crippen LogP contribution in [-0.4, -0.2) is 76.9 Å². The van der Waals surface area contributed by atoms with Gasteiger partial charge in [-0.25, -0.2) is 0 Å². The van der Waals surface area contributed by atoms with Crippen LogP contribution in [0.1, 0.15) is 52.9 Å². The van der Waals surface area contributed by atoms with Crippen LogP contribution in [0, 0.1) is 16.7 Å². The van der Waals surface area contributed by atoms with Crippen molar-refractivity contribution in [3.63, 3.8) is 0 Å².